The third kappa shape index (κ3) is 4.54. The minimum absolute atomic E-state index is 0.166. The van der Waals surface area contributed by atoms with Gasteiger partial charge < -0.3 is 15.2 Å². The highest BCUT2D eigenvalue weighted by Crippen LogP contribution is 2.26. The van der Waals surface area contributed by atoms with Gasteiger partial charge in [0.15, 0.2) is 0 Å². The van der Waals surface area contributed by atoms with Gasteiger partial charge >= 0.3 is 5.97 Å². The van der Waals surface area contributed by atoms with Crippen LogP contribution in [0.4, 0.5) is 0 Å². The standard InChI is InChI=1S/C13H25N3O4/c1-5-15(13(2,3)4)16(19)14-20-11-8-6-10(7-9-11)12(17)18/h10-11H,5-9H2,1-4H3,(H,17,18)/b16-14-/t10-,11-. The number of rotatable bonds is 5. The van der Waals surface area contributed by atoms with Crippen molar-refractivity contribution in [3.05, 3.63) is 5.21 Å². The van der Waals surface area contributed by atoms with Crippen molar-refractivity contribution in [1.82, 2.24) is 5.01 Å². The summed E-state index contributed by atoms with van der Waals surface area (Å²) in [6.07, 6.45) is 2.23. The Morgan fingerprint density at radius 1 is 1.40 bits per heavy atom. The first-order valence-corrected chi connectivity index (χ1v) is 7.10. The van der Waals surface area contributed by atoms with Gasteiger partial charge in [-0.1, -0.05) is 0 Å². The molecule has 0 spiro atoms. The van der Waals surface area contributed by atoms with Crippen LogP contribution in [-0.4, -0.2) is 39.2 Å². The van der Waals surface area contributed by atoms with E-state index in [1.807, 2.05) is 27.7 Å². The number of hydrogen-bond donors (Lipinski definition) is 1. The molecule has 0 radical (unpaired) electrons. The Morgan fingerprint density at radius 3 is 2.35 bits per heavy atom. The minimum Gasteiger partial charge on any atom is -0.569 e. The highest BCUT2D eigenvalue weighted by molar-refractivity contribution is 5.69. The van der Waals surface area contributed by atoms with E-state index in [1.54, 1.807) is 5.01 Å². The normalized spacial score (nSPS) is 24.3. The molecule has 1 saturated carbocycles. The molecule has 1 N–H and O–H groups in total. The second-order valence-corrected chi connectivity index (χ2v) is 6.14. The highest BCUT2D eigenvalue weighted by atomic mass is 16.7. The average Bonchev–Trinajstić information content (AvgIpc) is 2.36. The van der Waals surface area contributed by atoms with Crippen molar-refractivity contribution < 1.29 is 19.7 Å². The lowest BCUT2D eigenvalue weighted by atomic mass is 9.88. The van der Waals surface area contributed by atoms with Crippen molar-refractivity contribution in [2.75, 3.05) is 6.54 Å². The van der Waals surface area contributed by atoms with Crippen LogP contribution in [0.15, 0.2) is 5.28 Å². The third-order valence-corrected chi connectivity index (χ3v) is 3.57. The number of aliphatic carboxylic acids is 1. The van der Waals surface area contributed by atoms with Crippen molar-refractivity contribution in [2.24, 2.45) is 11.2 Å². The number of nitrogens with zero attached hydrogens (tertiary/aromatic N) is 3. The topological polar surface area (TPSA) is 88.2 Å². The number of carboxylic acid groups (broad SMARTS) is 1. The van der Waals surface area contributed by atoms with Crippen LogP contribution < -0.4 is 0 Å². The zero-order valence-electron chi connectivity index (χ0n) is 12.7. The molecule has 0 aromatic heterocycles. The summed E-state index contributed by atoms with van der Waals surface area (Å²) >= 11 is 0. The summed E-state index contributed by atoms with van der Waals surface area (Å²) in [6.45, 7) is 8.19. The van der Waals surface area contributed by atoms with E-state index in [-0.39, 0.29) is 17.6 Å². The van der Waals surface area contributed by atoms with Crippen LogP contribution in [0.25, 0.3) is 0 Å². The van der Waals surface area contributed by atoms with Gasteiger partial charge in [-0.15, -0.1) is 5.01 Å². The molecular formula is C13H25N3O4. The van der Waals surface area contributed by atoms with Gasteiger partial charge in [0.05, 0.1) is 23.0 Å². The smallest absolute Gasteiger partial charge is 0.306 e. The molecule has 0 aliphatic heterocycles. The van der Waals surface area contributed by atoms with E-state index in [2.05, 4.69) is 5.28 Å². The van der Waals surface area contributed by atoms with Crippen LogP contribution >= 0.6 is 0 Å². The summed E-state index contributed by atoms with van der Waals surface area (Å²) in [5.41, 5.74) is -0.329. The monoisotopic (exact) mass is 287 g/mol. The van der Waals surface area contributed by atoms with E-state index in [0.29, 0.717) is 37.2 Å². The van der Waals surface area contributed by atoms with Gasteiger partial charge in [0.1, 0.15) is 6.10 Å². The Kier molecular flexibility index (Phi) is 5.59. The lowest BCUT2D eigenvalue weighted by Gasteiger charge is -2.29. The molecule has 1 rings (SSSR count). The van der Waals surface area contributed by atoms with Gasteiger partial charge in [0.25, 0.3) is 0 Å². The highest BCUT2D eigenvalue weighted by Gasteiger charge is 2.29. The fourth-order valence-electron chi connectivity index (χ4n) is 2.42. The predicted molar refractivity (Wildman–Crippen MR) is 72.7 cm³/mol. The summed E-state index contributed by atoms with van der Waals surface area (Å²) in [4.78, 5) is 16.6. The Balaban J connectivity index is 2.50. The Bertz CT molecular complexity index is 357. The molecule has 0 atom stereocenters. The van der Waals surface area contributed by atoms with E-state index < -0.39 is 5.97 Å². The fourth-order valence-corrected chi connectivity index (χ4v) is 2.42. The van der Waals surface area contributed by atoms with Crippen LogP contribution in [0.2, 0.25) is 0 Å². The van der Waals surface area contributed by atoms with Crippen LogP contribution in [0.5, 0.6) is 0 Å². The van der Waals surface area contributed by atoms with E-state index in [1.165, 1.54) is 0 Å². The summed E-state index contributed by atoms with van der Waals surface area (Å²) in [5.74, 6) is -1.05. The maximum absolute atomic E-state index is 11.9. The number of hydrogen-bond acceptors (Lipinski definition) is 4. The molecule has 116 valence electrons. The summed E-state index contributed by atoms with van der Waals surface area (Å²) < 4.78 is 0. The van der Waals surface area contributed by atoms with Crippen molar-refractivity contribution in [1.29, 1.82) is 0 Å². The average molecular weight is 287 g/mol. The van der Waals surface area contributed by atoms with E-state index in [9.17, 15) is 10.0 Å². The van der Waals surface area contributed by atoms with Gasteiger partial charge in [-0.05, 0) is 53.4 Å². The lowest BCUT2D eigenvalue weighted by molar-refractivity contribution is -0.725. The summed E-state index contributed by atoms with van der Waals surface area (Å²) in [5, 5.41) is 26.0. The van der Waals surface area contributed by atoms with Crippen molar-refractivity contribution in [2.45, 2.75) is 65.0 Å². The summed E-state index contributed by atoms with van der Waals surface area (Å²) in [7, 11) is 0. The zero-order valence-corrected chi connectivity index (χ0v) is 12.7. The van der Waals surface area contributed by atoms with Crippen LogP contribution in [-0.2, 0) is 9.63 Å². The molecule has 1 aliphatic carbocycles. The number of hydrazine groups is 1. The SMILES string of the molecule is CCN(/[N+]([O-])=N/O[C@H]1CC[C@H](C(=O)O)CC1)C(C)(C)C. The van der Waals surface area contributed by atoms with Crippen LogP contribution in [0.1, 0.15) is 53.4 Å². The maximum Gasteiger partial charge on any atom is 0.306 e. The van der Waals surface area contributed by atoms with Gasteiger partial charge in [0, 0.05) is 0 Å². The second kappa shape index (κ2) is 6.76. The maximum atomic E-state index is 11.9. The van der Waals surface area contributed by atoms with Gasteiger partial charge in [-0.2, -0.15) is 0 Å². The molecule has 0 aromatic carbocycles. The third-order valence-electron chi connectivity index (χ3n) is 3.57. The first-order chi connectivity index (χ1) is 9.25. The molecule has 0 unspecified atom stereocenters. The van der Waals surface area contributed by atoms with Crippen LogP contribution in [0, 0.1) is 11.1 Å². The molecule has 20 heavy (non-hydrogen) atoms. The molecule has 7 nitrogen and oxygen atoms in total. The quantitative estimate of drug-likeness (QED) is 0.477. The predicted octanol–water partition coefficient (Wildman–Crippen LogP) is 2.56. The molecule has 7 heteroatoms. The first-order valence-electron chi connectivity index (χ1n) is 7.10. The fraction of sp³-hybridized carbons (Fsp3) is 0.923. The Labute approximate surface area is 119 Å². The van der Waals surface area contributed by atoms with E-state index in [0.717, 1.165) is 0 Å². The Hall–Kier alpha value is -1.53. The minimum atomic E-state index is -0.754. The molecule has 0 heterocycles. The van der Waals surface area contributed by atoms with Gasteiger partial charge in [-0.25, -0.2) is 0 Å². The molecule has 0 saturated heterocycles. The first kappa shape index (κ1) is 16.5. The van der Waals surface area contributed by atoms with E-state index >= 15 is 0 Å². The molecule has 1 fully saturated rings. The largest absolute Gasteiger partial charge is 0.569 e. The van der Waals surface area contributed by atoms with E-state index in [4.69, 9.17) is 9.94 Å². The van der Waals surface area contributed by atoms with Crippen LogP contribution in [0.3, 0.4) is 0 Å². The molecule has 1 aliphatic rings. The molecule has 0 bridgehead atoms. The Morgan fingerprint density at radius 2 is 1.95 bits per heavy atom. The van der Waals surface area contributed by atoms with Crippen molar-refractivity contribution >= 4 is 5.97 Å². The number of carbonyl (C=O) groups is 1. The molecular weight excluding hydrogens is 262 g/mol. The lowest BCUT2D eigenvalue weighted by Crippen LogP contribution is -2.45. The van der Waals surface area contributed by atoms with Crippen molar-refractivity contribution in [3.63, 3.8) is 0 Å². The van der Waals surface area contributed by atoms with Crippen molar-refractivity contribution in [3.8, 4) is 0 Å². The van der Waals surface area contributed by atoms with Gasteiger partial charge in [-0.3, -0.25) is 4.79 Å². The molecule has 0 aromatic rings. The zero-order chi connectivity index (χ0) is 15.3. The number of carboxylic acids is 1. The summed E-state index contributed by atoms with van der Waals surface area (Å²) in [6, 6.07) is 0. The molecule has 0 amide bonds. The second-order valence-electron chi connectivity index (χ2n) is 6.14. The van der Waals surface area contributed by atoms with Gasteiger partial charge in [0.2, 0.25) is 5.28 Å².